The van der Waals surface area contributed by atoms with Crippen LogP contribution in [0.25, 0.3) is 0 Å². The number of aliphatic hydroxyl groups is 1. The Hall–Kier alpha value is -0.900. The van der Waals surface area contributed by atoms with Crippen LogP contribution in [0.2, 0.25) is 0 Å². The van der Waals surface area contributed by atoms with Gasteiger partial charge < -0.3 is 25.4 Å². The lowest BCUT2D eigenvalue weighted by atomic mass is 10.1. The first kappa shape index (κ1) is 26.4. The van der Waals surface area contributed by atoms with Crippen molar-refractivity contribution < 1.29 is 9.84 Å². The first-order valence-electron chi connectivity index (χ1n) is 11.8. The molecular weight excluding hydrogens is 503 g/mol. The van der Waals surface area contributed by atoms with Gasteiger partial charge in [0.2, 0.25) is 0 Å². The maximum atomic E-state index is 10.3. The smallest absolute Gasteiger partial charge is 0.191 e. The summed E-state index contributed by atoms with van der Waals surface area (Å²) in [5.41, 5.74) is 1.12. The normalized spacial score (nSPS) is 22.2. The lowest BCUT2D eigenvalue weighted by Crippen LogP contribution is -2.45. The first-order chi connectivity index (χ1) is 14.6. The molecule has 1 aliphatic heterocycles. The lowest BCUT2D eigenvalue weighted by molar-refractivity contribution is 0.00111. The molecule has 0 aromatic heterocycles. The zero-order valence-corrected chi connectivity index (χ0v) is 21.5. The summed E-state index contributed by atoms with van der Waals surface area (Å²) in [6, 6.07) is 10.5. The van der Waals surface area contributed by atoms with Gasteiger partial charge in [-0.2, -0.15) is 0 Å². The quantitative estimate of drug-likeness (QED) is 0.239. The number of hydrogen-bond donors (Lipinski definition) is 3. The van der Waals surface area contributed by atoms with Crippen LogP contribution in [0.15, 0.2) is 35.3 Å². The molecule has 176 valence electrons. The van der Waals surface area contributed by atoms with Crippen LogP contribution in [0.1, 0.15) is 57.6 Å². The van der Waals surface area contributed by atoms with E-state index >= 15 is 0 Å². The predicted molar refractivity (Wildman–Crippen MR) is 138 cm³/mol. The average molecular weight is 545 g/mol. The van der Waals surface area contributed by atoms with Crippen molar-refractivity contribution >= 4 is 29.9 Å². The van der Waals surface area contributed by atoms with Gasteiger partial charge in [0, 0.05) is 32.2 Å². The summed E-state index contributed by atoms with van der Waals surface area (Å²) in [6.07, 6.45) is 6.12. The van der Waals surface area contributed by atoms with Crippen molar-refractivity contribution in [2.45, 2.75) is 64.2 Å². The van der Waals surface area contributed by atoms with E-state index in [0.29, 0.717) is 12.6 Å². The zero-order valence-electron chi connectivity index (χ0n) is 19.1. The third-order valence-corrected chi connectivity index (χ3v) is 6.22. The molecule has 1 aliphatic carbocycles. The van der Waals surface area contributed by atoms with Crippen LogP contribution in [-0.4, -0.2) is 67.4 Å². The van der Waals surface area contributed by atoms with Crippen molar-refractivity contribution in [3.63, 3.8) is 0 Å². The number of aliphatic imine (C=N–C) groups is 1. The van der Waals surface area contributed by atoms with Gasteiger partial charge in [-0.15, -0.1) is 24.0 Å². The molecule has 0 spiro atoms. The number of guanidine groups is 1. The Bertz CT molecular complexity index is 640. The number of hydrogen-bond acceptors (Lipinski definition) is 4. The van der Waals surface area contributed by atoms with Gasteiger partial charge in [0.15, 0.2) is 5.96 Å². The van der Waals surface area contributed by atoms with E-state index in [0.717, 1.165) is 37.0 Å². The maximum Gasteiger partial charge on any atom is 0.191 e. The minimum Gasteiger partial charge on any atom is -0.389 e. The summed E-state index contributed by atoms with van der Waals surface area (Å²) in [6.45, 7) is 8.99. The summed E-state index contributed by atoms with van der Waals surface area (Å²) < 4.78 is 5.83. The molecule has 0 radical (unpaired) electrons. The van der Waals surface area contributed by atoms with Gasteiger partial charge in [-0.25, -0.2) is 0 Å². The molecule has 3 N–H and O–H groups in total. The number of likely N-dealkylation sites (tertiary alicyclic amines) is 1. The van der Waals surface area contributed by atoms with Gasteiger partial charge in [0.25, 0.3) is 0 Å². The molecule has 6 nitrogen and oxygen atoms in total. The molecule has 3 rings (SSSR count). The Morgan fingerprint density at radius 2 is 1.97 bits per heavy atom. The summed E-state index contributed by atoms with van der Waals surface area (Å²) in [5.74, 6) is 1.69. The number of rotatable bonds is 10. The van der Waals surface area contributed by atoms with E-state index in [2.05, 4.69) is 27.4 Å². The van der Waals surface area contributed by atoms with E-state index in [-0.39, 0.29) is 36.7 Å². The second-order valence-electron chi connectivity index (χ2n) is 8.80. The minimum atomic E-state index is -0.617. The Labute approximate surface area is 205 Å². The summed E-state index contributed by atoms with van der Waals surface area (Å²) in [7, 11) is 0. The van der Waals surface area contributed by atoms with E-state index in [4.69, 9.17) is 4.74 Å². The molecule has 1 saturated heterocycles. The molecule has 1 aromatic carbocycles. The SMILES string of the molecule is CCNC(=NCC(O)COC(C)c1ccccc1)NC1CCN(CC2CCCC2)C1.I. The van der Waals surface area contributed by atoms with Crippen LogP contribution < -0.4 is 10.6 Å². The molecule has 0 bridgehead atoms. The molecule has 1 heterocycles. The van der Waals surface area contributed by atoms with Crippen LogP contribution in [0, 0.1) is 5.92 Å². The molecule has 3 unspecified atom stereocenters. The zero-order chi connectivity index (χ0) is 21.2. The van der Waals surface area contributed by atoms with Crippen molar-refractivity contribution in [1.29, 1.82) is 0 Å². The highest BCUT2D eigenvalue weighted by Crippen LogP contribution is 2.26. The number of nitrogens with zero attached hydrogens (tertiary/aromatic N) is 2. The van der Waals surface area contributed by atoms with Crippen LogP contribution in [-0.2, 0) is 4.74 Å². The molecule has 1 aromatic rings. The summed E-state index contributed by atoms with van der Waals surface area (Å²) in [5, 5.41) is 17.2. The summed E-state index contributed by atoms with van der Waals surface area (Å²) >= 11 is 0. The van der Waals surface area contributed by atoms with Gasteiger partial charge in [-0.1, -0.05) is 43.2 Å². The van der Waals surface area contributed by atoms with Crippen LogP contribution in [0.5, 0.6) is 0 Å². The number of nitrogens with one attached hydrogen (secondary N) is 2. The fourth-order valence-electron chi connectivity index (χ4n) is 4.51. The molecule has 2 fully saturated rings. The van der Waals surface area contributed by atoms with Crippen molar-refractivity contribution in [2.24, 2.45) is 10.9 Å². The first-order valence-corrected chi connectivity index (χ1v) is 11.8. The second-order valence-corrected chi connectivity index (χ2v) is 8.80. The second kappa shape index (κ2) is 14.3. The highest BCUT2D eigenvalue weighted by Gasteiger charge is 2.26. The standard InChI is InChI=1S/C24H40N4O2.HI/c1-3-25-24(27-22-13-14-28(17-22)16-20-9-7-8-10-20)26-15-23(29)18-30-19(2)21-11-5-4-6-12-21;/h4-6,11-12,19-20,22-23,29H,3,7-10,13-18H2,1-2H3,(H2,25,26,27);1H. The van der Waals surface area contributed by atoms with Gasteiger partial charge in [0.1, 0.15) is 0 Å². The molecule has 31 heavy (non-hydrogen) atoms. The molecule has 2 aliphatic rings. The number of aliphatic hydroxyl groups excluding tert-OH is 1. The third kappa shape index (κ3) is 9.24. The van der Waals surface area contributed by atoms with Crippen LogP contribution >= 0.6 is 24.0 Å². The highest BCUT2D eigenvalue weighted by molar-refractivity contribution is 14.0. The highest BCUT2D eigenvalue weighted by atomic mass is 127. The van der Waals surface area contributed by atoms with Crippen molar-refractivity contribution in [2.75, 3.05) is 39.3 Å². The van der Waals surface area contributed by atoms with Gasteiger partial charge in [0.05, 0.1) is 25.4 Å². The molecule has 7 heteroatoms. The van der Waals surface area contributed by atoms with Crippen molar-refractivity contribution in [1.82, 2.24) is 15.5 Å². The van der Waals surface area contributed by atoms with Crippen LogP contribution in [0.4, 0.5) is 0 Å². The van der Waals surface area contributed by atoms with Crippen molar-refractivity contribution in [3.8, 4) is 0 Å². The molecule has 1 saturated carbocycles. The Kier molecular flexibility index (Phi) is 12.1. The largest absolute Gasteiger partial charge is 0.389 e. The van der Waals surface area contributed by atoms with Crippen LogP contribution in [0.3, 0.4) is 0 Å². The topological polar surface area (TPSA) is 69.1 Å². The number of benzene rings is 1. The fourth-order valence-corrected chi connectivity index (χ4v) is 4.51. The Morgan fingerprint density at radius 1 is 1.23 bits per heavy atom. The predicted octanol–water partition coefficient (Wildman–Crippen LogP) is 3.56. The van der Waals surface area contributed by atoms with E-state index in [9.17, 15) is 5.11 Å². The van der Waals surface area contributed by atoms with Gasteiger partial charge in [-0.3, -0.25) is 4.99 Å². The Balaban J connectivity index is 0.00000341. The van der Waals surface area contributed by atoms with Crippen molar-refractivity contribution in [3.05, 3.63) is 35.9 Å². The van der Waals surface area contributed by atoms with Gasteiger partial charge in [-0.05, 0) is 44.6 Å². The molecular formula is C24H41IN4O2. The maximum absolute atomic E-state index is 10.3. The summed E-state index contributed by atoms with van der Waals surface area (Å²) in [4.78, 5) is 7.20. The van der Waals surface area contributed by atoms with E-state index in [1.165, 1.54) is 38.8 Å². The third-order valence-electron chi connectivity index (χ3n) is 6.22. The van der Waals surface area contributed by atoms with E-state index < -0.39 is 6.10 Å². The average Bonchev–Trinajstić information content (AvgIpc) is 3.43. The number of ether oxygens (including phenoxy) is 1. The number of halogens is 1. The Morgan fingerprint density at radius 3 is 2.68 bits per heavy atom. The van der Waals surface area contributed by atoms with E-state index in [1.807, 2.05) is 37.3 Å². The molecule has 3 atom stereocenters. The van der Waals surface area contributed by atoms with E-state index in [1.54, 1.807) is 0 Å². The molecule has 0 amide bonds. The lowest BCUT2D eigenvalue weighted by Gasteiger charge is -2.21. The minimum absolute atomic E-state index is 0. The monoisotopic (exact) mass is 544 g/mol. The fraction of sp³-hybridized carbons (Fsp3) is 0.708. The van der Waals surface area contributed by atoms with Gasteiger partial charge >= 0.3 is 0 Å².